The third kappa shape index (κ3) is 4.45. The number of carbonyl (C=O) groups is 1. The molecular formula is C28H25ClN4O2. The molecule has 0 bridgehead atoms. The van der Waals surface area contributed by atoms with E-state index in [2.05, 4.69) is 17.4 Å². The fraction of sp³-hybridized carbons (Fsp3) is 0.179. The molecule has 1 aliphatic heterocycles. The Morgan fingerprint density at radius 3 is 2.51 bits per heavy atom. The first-order valence-electron chi connectivity index (χ1n) is 11.5. The maximum atomic E-state index is 13.4. The Kier molecular flexibility index (Phi) is 6.14. The van der Waals surface area contributed by atoms with Crippen molar-refractivity contribution in [3.05, 3.63) is 106 Å². The van der Waals surface area contributed by atoms with Crippen LogP contribution in [0, 0.1) is 6.92 Å². The van der Waals surface area contributed by atoms with Crippen LogP contribution in [0.5, 0.6) is 0 Å². The first kappa shape index (κ1) is 22.9. The summed E-state index contributed by atoms with van der Waals surface area (Å²) in [4.78, 5) is 19.7. The van der Waals surface area contributed by atoms with Gasteiger partial charge in [0.25, 0.3) is 5.89 Å². The van der Waals surface area contributed by atoms with E-state index in [-0.39, 0.29) is 6.03 Å². The summed E-state index contributed by atoms with van der Waals surface area (Å²) in [5.41, 5.74) is 6.19. The Morgan fingerprint density at radius 1 is 1.03 bits per heavy atom. The molecule has 35 heavy (non-hydrogen) atoms. The first-order chi connectivity index (χ1) is 16.9. The monoisotopic (exact) mass is 484 g/mol. The van der Waals surface area contributed by atoms with E-state index < -0.39 is 6.04 Å². The van der Waals surface area contributed by atoms with Gasteiger partial charge in [0.2, 0.25) is 5.82 Å². The van der Waals surface area contributed by atoms with Crippen molar-refractivity contribution >= 4 is 28.9 Å². The molecular weight excluding hydrogens is 460 g/mol. The van der Waals surface area contributed by atoms with Crippen molar-refractivity contribution in [2.24, 2.45) is 0 Å². The van der Waals surface area contributed by atoms with Gasteiger partial charge < -0.3 is 9.84 Å². The maximum absolute atomic E-state index is 13.4. The van der Waals surface area contributed by atoms with E-state index in [0.717, 1.165) is 34.4 Å². The molecule has 4 aromatic rings. The predicted molar refractivity (Wildman–Crippen MR) is 138 cm³/mol. The average molecular weight is 485 g/mol. The van der Waals surface area contributed by atoms with Crippen molar-refractivity contribution in [3.63, 3.8) is 0 Å². The first-order valence-corrected chi connectivity index (χ1v) is 11.9. The second-order valence-electron chi connectivity index (χ2n) is 8.58. The molecule has 1 atom stereocenters. The number of nitrogens with one attached hydrogen (secondary N) is 1. The highest BCUT2D eigenvalue weighted by atomic mass is 35.5. The number of aromatic nitrogens is 2. The molecule has 5 rings (SSSR count). The van der Waals surface area contributed by atoms with Gasteiger partial charge in [-0.3, -0.25) is 4.90 Å². The Hall–Kier alpha value is -3.90. The molecule has 176 valence electrons. The zero-order valence-corrected chi connectivity index (χ0v) is 20.5. The molecule has 7 heteroatoms. The lowest BCUT2D eigenvalue weighted by Gasteiger charge is -2.35. The zero-order chi connectivity index (χ0) is 24.5. The lowest BCUT2D eigenvalue weighted by molar-refractivity contribution is 0.244. The van der Waals surface area contributed by atoms with Gasteiger partial charge in [-0.2, -0.15) is 4.98 Å². The van der Waals surface area contributed by atoms with Crippen LogP contribution >= 0.6 is 11.6 Å². The smallest absolute Gasteiger partial charge is 0.326 e. The van der Waals surface area contributed by atoms with Crippen LogP contribution in [0.4, 0.5) is 10.5 Å². The third-order valence-corrected chi connectivity index (χ3v) is 6.44. The van der Waals surface area contributed by atoms with E-state index in [4.69, 9.17) is 21.1 Å². The molecule has 1 aliphatic rings. The SMILES string of the molecule is CCc1ccc(N2C(=O)NC(c3cccc(Cl)c3)C(c3nc(-c4cccc(C)c4)no3)=C2C)cc1. The minimum absolute atomic E-state index is 0.237. The molecule has 1 N–H and O–H groups in total. The Labute approximate surface area is 209 Å². The van der Waals surface area contributed by atoms with Crippen LogP contribution in [0.15, 0.2) is 83.0 Å². The number of hydrogen-bond acceptors (Lipinski definition) is 4. The molecule has 0 spiro atoms. The number of rotatable bonds is 5. The predicted octanol–water partition coefficient (Wildman–Crippen LogP) is 6.96. The lowest BCUT2D eigenvalue weighted by atomic mass is 9.94. The summed E-state index contributed by atoms with van der Waals surface area (Å²) in [6, 6.07) is 22.6. The van der Waals surface area contributed by atoms with Gasteiger partial charge in [-0.15, -0.1) is 0 Å². The van der Waals surface area contributed by atoms with E-state index in [0.29, 0.717) is 22.4 Å². The number of aryl methyl sites for hydroxylation is 2. The highest BCUT2D eigenvalue weighted by Crippen LogP contribution is 2.39. The topological polar surface area (TPSA) is 71.3 Å². The van der Waals surface area contributed by atoms with Crippen LogP contribution in [0.3, 0.4) is 0 Å². The number of anilines is 1. The van der Waals surface area contributed by atoms with Crippen molar-refractivity contribution in [3.8, 4) is 11.4 Å². The van der Waals surface area contributed by atoms with Crippen LogP contribution < -0.4 is 10.2 Å². The molecule has 0 fully saturated rings. The van der Waals surface area contributed by atoms with Crippen LogP contribution in [-0.4, -0.2) is 16.2 Å². The van der Waals surface area contributed by atoms with Crippen LogP contribution in [-0.2, 0) is 6.42 Å². The lowest BCUT2D eigenvalue weighted by Crippen LogP contribution is -2.46. The van der Waals surface area contributed by atoms with Gasteiger partial charge in [-0.25, -0.2) is 4.79 Å². The van der Waals surface area contributed by atoms with E-state index in [9.17, 15) is 4.79 Å². The molecule has 0 saturated heterocycles. The standard InChI is InChI=1S/C28H25ClN4O2/c1-4-19-11-13-23(14-12-19)33-18(3)24(25(30-28(33)34)20-8-6-10-22(29)16-20)27-31-26(32-35-27)21-9-5-7-17(2)15-21/h5-16,25H,4H2,1-3H3,(H,30,34). The molecule has 0 saturated carbocycles. The molecule has 1 aromatic heterocycles. The van der Waals surface area contributed by atoms with Gasteiger partial charge in [-0.05, 0) is 61.7 Å². The second kappa shape index (κ2) is 9.39. The summed E-state index contributed by atoms with van der Waals surface area (Å²) in [6.07, 6.45) is 0.924. The van der Waals surface area contributed by atoms with Crippen molar-refractivity contribution in [2.75, 3.05) is 4.90 Å². The molecule has 1 unspecified atom stereocenters. The summed E-state index contributed by atoms with van der Waals surface area (Å²) in [5, 5.41) is 7.94. The number of hydrogen-bond donors (Lipinski definition) is 1. The molecule has 0 aliphatic carbocycles. The van der Waals surface area contributed by atoms with E-state index in [1.54, 1.807) is 11.0 Å². The summed E-state index contributed by atoms with van der Waals surface area (Å²) < 4.78 is 5.78. The number of allylic oxidation sites excluding steroid dienone is 1. The third-order valence-electron chi connectivity index (χ3n) is 6.20. The minimum atomic E-state index is -0.502. The summed E-state index contributed by atoms with van der Waals surface area (Å²) in [5.74, 6) is 0.837. The maximum Gasteiger partial charge on any atom is 0.326 e. The second-order valence-corrected chi connectivity index (χ2v) is 9.02. The fourth-order valence-electron chi connectivity index (χ4n) is 4.38. The average Bonchev–Trinajstić information content (AvgIpc) is 3.34. The van der Waals surface area contributed by atoms with E-state index in [1.165, 1.54) is 5.56 Å². The number of carbonyl (C=O) groups excluding carboxylic acids is 1. The highest BCUT2D eigenvalue weighted by Gasteiger charge is 2.36. The molecule has 2 heterocycles. The van der Waals surface area contributed by atoms with Gasteiger partial charge in [0.05, 0.1) is 17.3 Å². The van der Waals surface area contributed by atoms with Gasteiger partial charge in [0.15, 0.2) is 0 Å². The number of urea groups is 1. The van der Waals surface area contributed by atoms with Gasteiger partial charge >= 0.3 is 6.03 Å². The zero-order valence-electron chi connectivity index (χ0n) is 19.7. The summed E-state index contributed by atoms with van der Waals surface area (Å²) in [7, 11) is 0. The quantitative estimate of drug-likeness (QED) is 0.332. The van der Waals surface area contributed by atoms with E-state index >= 15 is 0 Å². The van der Waals surface area contributed by atoms with Gasteiger partial charge in [-0.1, -0.05) is 71.7 Å². The van der Waals surface area contributed by atoms with Crippen LogP contribution in [0.1, 0.15) is 42.5 Å². The summed E-state index contributed by atoms with van der Waals surface area (Å²) >= 11 is 6.29. The van der Waals surface area contributed by atoms with Crippen molar-refractivity contribution in [2.45, 2.75) is 33.2 Å². The Balaban J connectivity index is 1.65. The van der Waals surface area contributed by atoms with Crippen molar-refractivity contribution in [1.82, 2.24) is 15.5 Å². The van der Waals surface area contributed by atoms with Crippen molar-refractivity contribution in [1.29, 1.82) is 0 Å². The number of benzene rings is 3. The number of halogens is 1. The van der Waals surface area contributed by atoms with E-state index in [1.807, 2.05) is 80.6 Å². The highest BCUT2D eigenvalue weighted by molar-refractivity contribution is 6.30. The van der Waals surface area contributed by atoms with Crippen LogP contribution in [0.25, 0.3) is 17.0 Å². The minimum Gasteiger partial charge on any atom is -0.334 e. The van der Waals surface area contributed by atoms with Gasteiger partial charge in [0.1, 0.15) is 0 Å². The van der Waals surface area contributed by atoms with Crippen molar-refractivity contribution < 1.29 is 9.32 Å². The number of nitrogens with zero attached hydrogens (tertiary/aromatic N) is 3. The molecule has 2 amide bonds. The van der Waals surface area contributed by atoms with Crippen LogP contribution in [0.2, 0.25) is 5.02 Å². The largest absolute Gasteiger partial charge is 0.334 e. The Bertz CT molecular complexity index is 1420. The fourth-order valence-corrected chi connectivity index (χ4v) is 4.58. The normalized spacial score (nSPS) is 15.9. The summed E-state index contributed by atoms with van der Waals surface area (Å²) in [6.45, 7) is 6.02. The number of amides is 2. The molecule has 3 aromatic carbocycles. The Morgan fingerprint density at radius 2 is 1.80 bits per heavy atom. The van der Waals surface area contributed by atoms with Gasteiger partial charge in [0, 0.05) is 16.3 Å². The molecule has 0 radical (unpaired) electrons. The molecule has 6 nitrogen and oxygen atoms in total.